The van der Waals surface area contributed by atoms with Crippen LogP contribution in [0, 0.1) is 0 Å². The highest BCUT2D eigenvalue weighted by atomic mass is 16.4. The highest BCUT2D eigenvalue weighted by Gasteiger charge is 2.27. The predicted molar refractivity (Wildman–Crippen MR) is 62.4 cm³/mol. The minimum atomic E-state index is 0.115. The summed E-state index contributed by atoms with van der Waals surface area (Å²) in [5.41, 5.74) is 0. The van der Waals surface area contributed by atoms with Crippen molar-refractivity contribution in [1.82, 2.24) is 15.5 Å². The van der Waals surface area contributed by atoms with Gasteiger partial charge in [-0.25, -0.2) is 0 Å². The molecular formula is C11H20N4O. The first kappa shape index (κ1) is 11.4. The summed E-state index contributed by atoms with van der Waals surface area (Å²) in [5, 5.41) is 11.3. The van der Waals surface area contributed by atoms with Gasteiger partial charge in [0.25, 0.3) is 0 Å². The average molecular weight is 224 g/mol. The van der Waals surface area contributed by atoms with Crippen LogP contribution in [0.2, 0.25) is 0 Å². The van der Waals surface area contributed by atoms with Crippen LogP contribution in [0.5, 0.6) is 0 Å². The minimum Gasteiger partial charge on any atom is -0.406 e. The predicted octanol–water partition coefficient (Wildman–Crippen LogP) is 1.73. The third-order valence-electron chi connectivity index (χ3n) is 3.33. The molecule has 2 rings (SSSR count). The Kier molecular flexibility index (Phi) is 3.43. The third kappa shape index (κ3) is 2.04. The number of rotatable bonds is 4. The number of hydrogen-bond donors (Lipinski definition) is 1. The fourth-order valence-electron chi connectivity index (χ4n) is 2.15. The van der Waals surface area contributed by atoms with Crippen LogP contribution < -0.4 is 10.2 Å². The molecule has 0 aromatic carbocycles. The molecule has 0 radical (unpaired) electrons. The average Bonchev–Trinajstić information content (AvgIpc) is 2.95. The fraction of sp³-hybridized carbons (Fsp3) is 0.818. The lowest BCUT2D eigenvalue weighted by Crippen LogP contribution is -2.28. The molecule has 1 aromatic rings. The Morgan fingerprint density at radius 1 is 1.56 bits per heavy atom. The summed E-state index contributed by atoms with van der Waals surface area (Å²) in [6.07, 6.45) is 3.59. The van der Waals surface area contributed by atoms with Gasteiger partial charge in [-0.1, -0.05) is 12.0 Å². The Balaban J connectivity index is 2.12. The van der Waals surface area contributed by atoms with Crippen LogP contribution in [0.15, 0.2) is 4.42 Å². The van der Waals surface area contributed by atoms with Crippen molar-refractivity contribution in [1.29, 1.82) is 0 Å². The van der Waals surface area contributed by atoms with Crippen LogP contribution in [0.1, 0.15) is 45.0 Å². The quantitative estimate of drug-likeness (QED) is 0.844. The Labute approximate surface area is 96.2 Å². The van der Waals surface area contributed by atoms with Gasteiger partial charge >= 0.3 is 6.01 Å². The van der Waals surface area contributed by atoms with Crippen molar-refractivity contribution < 1.29 is 4.42 Å². The maximum absolute atomic E-state index is 5.69. The Morgan fingerprint density at radius 3 is 3.06 bits per heavy atom. The van der Waals surface area contributed by atoms with Gasteiger partial charge in [-0.2, -0.15) is 0 Å². The van der Waals surface area contributed by atoms with Crippen LogP contribution in [0.4, 0.5) is 6.01 Å². The zero-order chi connectivity index (χ0) is 11.5. The van der Waals surface area contributed by atoms with Crippen molar-refractivity contribution in [2.75, 3.05) is 18.5 Å². The molecule has 0 aliphatic carbocycles. The molecule has 0 amide bonds. The van der Waals surface area contributed by atoms with E-state index in [1.165, 1.54) is 12.8 Å². The van der Waals surface area contributed by atoms with Gasteiger partial charge in [-0.3, -0.25) is 0 Å². The van der Waals surface area contributed by atoms with Gasteiger partial charge in [0.2, 0.25) is 5.89 Å². The molecule has 1 aromatic heterocycles. The van der Waals surface area contributed by atoms with Gasteiger partial charge < -0.3 is 14.6 Å². The molecule has 0 spiro atoms. The molecule has 0 saturated carbocycles. The summed E-state index contributed by atoms with van der Waals surface area (Å²) < 4.78 is 5.69. The zero-order valence-corrected chi connectivity index (χ0v) is 10.2. The van der Waals surface area contributed by atoms with Crippen molar-refractivity contribution in [3.05, 3.63) is 5.89 Å². The summed E-state index contributed by atoms with van der Waals surface area (Å²) in [4.78, 5) is 2.24. The van der Waals surface area contributed by atoms with Crippen LogP contribution in [-0.2, 0) is 0 Å². The molecule has 1 saturated heterocycles. The highest BCUT2D eigenvalue weighted by molar-refractivity contribution is 5.28. The molecule has 1 aliphatic rings. The van der Waals surface area contributed by atoms with E-state index in [4.69, 9.17) is 4.42 Å². The molecule has 0 bridgehead atoms. The van der Waals surface area contributed by atoms with E-state index < -0.39 is 0 Å². The van der Waals surface area contributed by atoms with Gasteiger partial charge in [-0.05, 0) is 33.2 Å². The molecule has 90 valence electrons. The molecule has 16 heavy (non-hydrogen) atoms. The first-order chi connectivity index (χ1) is 7.76. The number of nitrogens with zero attached hydrogens (tertiary/aromatic N) is 3. The van der Waals surface area contributed by atoms with E-state index in [1.54, 1.807) is 0 Å². The second-order valence-electron chi connectivity index (χ2n) is 4.33. The molecule has 1 aliphatic heterocycles. The van der Waals surface area contributed by atoms with Crippen molar-refractivity contribution in [2.24, 2.45) is 0 Å². The van der Waals surface area contributed by atoms with E-state index in [-0.39, 0.29) is 6.04 Å². The van der Waals surface area contributed by atoms with Crippen molar-refractivity contribution in [3.63, 3.8) is 0 Å². The first-order valence-corrected chi connectivity index (χ1v) is 6.03. The molecule has 5 nitrogen and oxygen atoms in total. The van der Waals surface area contributed by atoms with E-state index in [0.717, 1.165) is 13.0 Å². The van der Waals surface area contributed by atoms with Gasteiger partial charge in [0.05, 0.1) is 6.04 Å². The monoisotopic (exact) mass is 224 g/mol. The Bertz CT molecular complexity index is 338. The van der Waals surface area contributed by atoms with Crippen molar-refractivity contribution in [2.45, 2.75) is 45.2 Å². The number of aromatic nitrogens is 2. The summed E-state index contributed by atoms with van der Waals surface area (Å²) in [5.74, 6) is 0.666. The standard InChI is InChI=1S/C11H20N4O/c1-4-9-6-5-7-15(9)11-14-13-10(16-11)8(2)12-3/h8-9,12H,4-7H2,1-3H3. The molecule has 2 unspecified atom stereocenters. The maximum atomic E-state index is 5.69. The van der Waals surface area contributed by atoms with Crippen LogP contribution in [0.25, 0.3) is 0 Å². The van der Waals surface area contributed by atoms with E-state index in [9.17, 15) is 0 Å². The zero-order valence-electron chi connectivity index (χ0n) is 10.2. The molecule has 5 heteroatoms. The largest absolute Gasteiger partial charge is 0.406 e. The smallest absolute Gasteiger partial charge is 0.318 e. The number of hydrogen-bond acceptors (Lipinski definition) is 5. The summed E-state index contributed by atoms with van der Waals surface area (Å²) in [6, 6.07) is 1.36. The van der Waals surface area contributed by atoms with Crippen molar-refractivity contribution >= 4 is 6.01 Å². The van der Waals surface area contributed by atoms with E-state index >= 15 is 0 Å². The van der Waals surface area contributed by atoms with Crippen LogP contribution in [0.3, 0.4) is 0 Å². The second kappa shape index (κ2) is 4.82. The van der Waals surface area contributed by atoms with Crippen molar-refractivity contribution in [3.8, 4) is 0 Å². The van der Waals surface area contributed by atoms with Crippen LogP contribution >= 0.6 is 0 Å². The lowest BCUT2D eigenvalue weighted by molar-refractivity contribution is 0.425. The van der Waals surface area contributed by atoms with Crippen LogP contribution in [-0.4, -0.2) is 29.8 Å². The third-order valence-corrected chi connectivity index (χ3v) is 3.33. The Morgan fingerprint density at radius 2 is 2.38 bits per heavy atom. The SMILES string of the molecule is CCC1CCCN1c1nnc(C(C)NC)o1. The second-order valence-corrected chi connectivity index (χ2v) is 4.33. The molecule has 1 N–H and O–H groups in total. The minimum absolute atomic E-state index is 0.115. The molecule has 2 atom stereocenters. The fourth-order valence-corrected chi connectivity index (χ4v) is 2.15. The summed E-state index contributed by atoms with van der Waals surface area (Å²) >= 11 is 0. The first-order valence-electron chi connectivity index (χ1n) is 6.03. The molecule has 1 fully saturated rings. The van der Waals surface area contributed by atoms with E-state index in [1.807, 2.05) is 14.0 Å². The van der Waals surface area contributed by atoms with Gasteiger partial charge in [0.1, 0.15) is 0 Å². The highest BCUT2D eigenvalue weighted by Crippen LogP contribution is 2.26. The van der Waals surface area contributed by atoms with E-state index in [0.29, 0.717) is 17.9 Å². The topological polar surface area (TPSA) is 54.2 Å². The van der Waals surface area contributed by atoms with Gasteiger partial charge in [-0.15, -0.1) is 5.10 Å². The molecule has 2 heterocycles. The summed E-state index contributed by atoms with van der Waals surface area (Å²) in [6.45, 7) is 5.25. The lowest BCUT2D eigenvalue weighted by Gasteiger charge is -2.20. The number of nitrogens with one attached hydrogen (secondary N) is 1. The van der Waals surface area contributed by atoms with E-state index in [2.05, 4.69) is 27.3 Å². The van der Waals surface area contributed by atoms with Gasteiger partial charge in [0.15, 0.2) is 0 Å². The lowest BCUT2D eigenvalue weighted by atomic mass is 10.2. The number of anilines is 1. The summed E-state index contributed by atoms with van der Waals surface area (Å²) in [7, 11) is 1.89. The normalized spacial score (nSPS) is 22.7. The molecular weight excluding hydrogens is 204 g/mol. The Hall–Kier alpha value is -1.10. The maximum Gasteiger partial charge on any atom is 0.318 e. The van der Waals surface area contributed by atoms with Gasteiger partial charge in [0, 0.05) is 12.6 Å².